The fourth-order valence-corrected chi connectivity index (χ4v) is 5.56. The number of nitrogens with zero attached hydrogens (tertiary/aromatic N) is 2. The summed E-state index contributed by atoms with van der Waals surface area (Å²) < 4.78 is 0. The van der Waals surface area contributed by atoms with Gasteiger partial charge in [-0.2, -0.15) is 0 Å². The van der Waals surface area contributed by atoms with Gasteiger partial charge in [0, 0.05) is 12.6 Å². The molecule has 5 heteroatoms. The zero-order valence-electron chi connectivity index (χ0n) is 15.9. The highest BCUT2D eigenvalue weighted by atomic mass is 16.2. The van der Waals surface area contributed by atoms with Gasteiger partial charge in [0.15, 0.2) is 0 Å². The number of benzene rings is 1. The van der Waals surface area contributed by atoms with Gasteiger partial charge in [0.25, 0.3) is 0 Å². The van der Waals surface area contributed by atoms with Gasteiger partial charge in [-0.25, -0.2) is 0 Å². The van der Waals surface area contributed by atoms with Gasteiger partial charge in [0.1, 0.15) is 6.67 Å². The molecule has 0 N–H and O–H groups in total. The Bertz CT molecular complexity index is 869. The minimum absolute atomic E-state index is 0.0112. The van der Waals surface area contributed by atoms with Crippen molar-refractivity contribution in [2.24, 2.45) is 35.5 Å². The summed E-state index contributed by atoms with van der Waals surface area (Å²) >= 11 is 0. The van der Waals surface area contributed by atoms with E-state index in [0.717, 1.165) is 23.2 Å². The number of likely N-dealkylation sites (tertiary alicyclic amines) is 1. The first kappa shape index (κ1) is 16.7. The zero-order chi connectivity index (χ0) is 19.0. The summed E-state index contributed by atoms with van der Waals surface area (Å²) in [4.78, 5) is 41.5. The van der Waals surface area contributed by atoms with Gasteiger partial charge in [-0.15, -0.1) is 0 Å². The van der Waals surface area contributed by atoms with Crippen molar-refractivity contribution in [2.75, 3.05) is 11.6 Å². The second kappa shape index (κ2) is 5.54. The smallest absolute Gasteiger partial charge is 0.235 e. The number of allylic oxidation sites excluding steroid dienone is 2. The van der Waals surface area contributed by atoms with E-state index >= 15 is 0 Å². The first-order chi connectivity index (χ1) is 12.9. The molecular formula is C22H24N2O3. The summed E-state index contributed by atoms with van der Waals surface area (Å²) in [6, 6.07) is 5.78. The molecule has 2 bridgehead atoms. The van der Waals surface area contributed by atoms with Gasteiger partial charge in [0.05, 0.1) is 11.8 Å². The van der Waals surface area contributed by atoms with E-state index in [9.17, 15) is 14.4 Å². The highest BCUT2D eigenvalue weighted by Crippen LogP contribution is 2.65. The van der Waals surface area contributed by atoms with E-state index in [1.54, 1.807) is 0 Å². The lowest BCUT2D eigenvalue weighted by molar-refractivity contribution is -0.140. The average Bonchev–Trinajstić information content (AvgIpc) is 3.41. The van der Waals surface area contributed by atoms with Crippen LogP contribution in [0, 0.1) is 49.4 Å². The molecule has 0 unspecified atom stereocenters. The molecule has 0 radical (unpaired) electrons. The van der Waals surface area contributed by atoms with Crippen LogP contribution < -0.4 is 4.90 Å². The van der Waals surface area contributed by atoms with E-state index in [-0.39, 0.29) is 48.1 Å². The SMILES string of the molecule is CC(=O)N(CN1C(=O)[C@@H]2[C@H]3C=C[C@@H]([C@@H]4C[C@@H]34)[C@H]2C1=O)c1ccc(C)c(C)c1. The van der Waals surface area contributed by atoms with Crippen molar-refractivity contribution >= 4 is 23.4 Å². The fourth-order valence-electron chi connectivity index (χ4n) is 5.56. The standard InChI is InChI=1S/C22H24N2O3/c1-11-4-5-14(8-12(11)2)23(13(3)25)10-24-21(26)19-15-6-7-16(18-9-17(15)18)20(19)22(24)27/h4-8,15-20H,9-10H2,1-3H3/t15-,16-,17-,18-,19+,20+/m0/s1. The molecule has 3 fully saturated rings. The van der Waals surface area contributed by atoms with E-state index in [1.165, 1.54) is 16.7 Å². The molecule has 4 aliphatic carbocycles. The topological polar surface area (TPSA) is 57.7 Å². The third-order valence-electron chi connectivity index (χ3n) is 7.22. The lowest BCUT2D eigenvalue weighted by atomic mass is 9.63. The summed E-state index contributed by atoms with van der Waals surface area (Å²) in [7, 11) is 0. The molecule has 1 aromatic rings. The van der Waals surface area contributed by atoms with Crippen molar-refractivity contribution in [3.63, 3.8) is 0 Å². The van der Waals surface area contributed by atoms with Crippen LogP contribution in [0.3, 0.4) is 0 Å². The molecular weight excluding hydrogens is 340 g/mol. The molecule has 1 aliphatic heterocycles. The minimum atomic E-state index is -0.218. The van der Waals surface area contributed by atoms with E-state index in [0.29, 0.717) is 11.8 Å². The summed E-state index contributed by atoms with van der Waals surface area (Å²) in [5.74, 6) is 0.794. The molecule has 3 amide bonds. The number of anilines is 1. The first-order valence-electron chi connectivity index (χ1n) is 9.77. The van der Waals surface area contributed by atoms with Crippen LogP contribution in [-0.2, 0) is 14.4 Å². The lowest BCUT2D eigenvalue weighted by Crippen LogP contribution is -2.44. The Labute approximate surface area is 159 Å². The second-order valence-corrected chi connectivity index (χ2v) is 8.62. The summed E-state index contributed by atoms with van der Waals surface area (Å²) in [5, 5.41) is 0. The van der Waals surface area contributed by atoms with E-state index < -0.39 is 0 Å². The van der Waals surface area contributed by atoms with Gasteiger partial charge < -0.3 is 0 Å². The van der Waals surface area contributed by atoms with Gasteiger partial charge in [0.2, 0.25) is 17.7 Å². The second-order valence-electron chi connectivity index (χ2n) is 8.62. The van der Waals surface area contributed by atoms with Crippen LogP contribution in [0.4, 0.5) is 5.69 Å². The van der Waals surface area contributed by atoms with Crippen LogP contribution in [0.1, 0.15) is 24.5 Å². The van der Waals surface area contributed by atoms with Gasteiger partial charge in [-0.05, 0) is 67.2 Å². The number of imide groups is 1. The van der Waals surface area contributed by atoms with Crippen LogP contribution in [0.25, 0.3) is 0 Å². The first-order valence-corrected chi connectivity index (χ1v) is 9.77. The number of amides is 3. The molecule has 0 spiro atoms. The molecule has 6 rings (SSSR count). The van der Waals surface area contributed by atoms with Crippen LogP contribution in [0.15, 0.2) is 30.4 Å². The molecule has 0 aromatic heterocycles. The molecule has 1 saturated heterocycles. The third-order valence-corrected chi connectivity index (χ3v) is 7.22. The van der Waals surface area contributed by atoms with Crippen molar-refractivity contribution in [2.45, 2.75) is 27.2 Å². The maximum atomic E-state index is 13.1. The number of aryl methyl sites for hydroxylation is 2. The Hall–Kier alpha value is -2.43. The Morgan fingerprint density at radius 1 is 1.04 bits per heavy atom. The summed E-state index contributed by atoms with van der Waals surface area (Å²) in [5.41, 5.74) is 2.95. The van der Waals surface area contributed by atoms with Crippen LogP contribution in [0.5, 0.6) is 0 Å². The highest BCUT2D eigenvalue weighted by Gasteiger charge is 2.67. The van der Waals surface area contributed by atoms with Crippen molar-refractivity contribution < 1.29 is 14.4 Å². The van der Waals surface area contributed by atoms with Gasteiger partial charge in [-0.1, -0.05) is 18.2 Å². The summed E-state index contributed by atoms with van der Waals surface area (Å²) in [6.45, 7) is 5.50. The number of hydrogen-bond donors (Lipinski definition) is 0. The Morgan fingerprint density at radius 3 is 2.15 bits per heavy atom. The normalized spacial score (nSPS) is 35.3. The van der Waals surface area contributed by atoms with Crippen molar-refractivity contribution in [3.8, 4) is 0 Å². The number of carbonyl (C=O) groups excluding carboxylic acids is 3. The minimum Gasteiger partial charge on any atom is -0.294 e. The molecule has 6 atom stereocenters. The van der Waals surface area contributed by atoms with Gasteiger partial charge >= 0.3 is 0 Å². The summed E-state index contributed by atoms with van der Waals surface area (Å²) in [6.07, 6.45) is 5.49. The van der Waals surface area contributed by atoms with Crippen LogP contribution in [0.2, 0.25) is 0 Å². The Balaban J connectivity index is 1.44. The lowest BCUT2D eigenvalue weighted by Gasteiger charge is -2.37. The number of carbonyl (C=O) groups is 3. The monoisotopic (exact) mass is 364 g/mol. The Morgan fingerprint density at radius 2 is 1.63 bits per heavy atom. The van der Waals surface area contributed by atoms with Crippen molar-refractivity contribution in [3.05, 3.63) is 41.5 Å². The fraction of sp³-hybridized carbons (Fsp3) is 0.500. The number of rotatable bonds is 3. The van der Waals surface area contributed by atoms with Crippen LogP contribution >= 0.6 is 0 Å². The maximum Gasteiger partial charge on any atom is 0.235 e. The Kier molecular flexibility index (Phi) is 3.43. The largest absolute Gasteiger partial charge is 0.294 e. The van der Waals surface area contributed by atoms with E-state index in [2.05, 4.69) is 12.2 Å². The predicted molar refractivity (Wildman–Crippen MR) is 100 cm³/mol. The van der Waals surface area contributed by atoms with Crippen LogP contribution in [-0.4, -0.2) is 29.3 Å². The van der Waals surface area contributed by atoms with Crippen molar-refractivity contribution in [1.82, 2.24) is 4.90 Å². The molecule has 5 aliphatic rings. The van der Waals surface area contributed by atoms with Gasteiger partial charge in [-0.3, -0.25) is 24.2 Å². The molecule has 140 valence electrons. The average molecular weight is 364 g/mol. The third kappa shape index (κ3) is 2.27. The maximum absolute atomic E-state index is 13.1. The van der Waals surface area contributed by atoms with Crippen molar-refractivity contribution in [1.29, 1.82) is 0 Å². The van der Waals surface area contributed by atoms with E-state index in [4.69, 9.17) is 0 Å². The molecule has 2 saturated carbocycles. The number of hydrogen-bond acceptors (Lipinski definition) is 3. The van der Waals surface area contributed by atoms with E-state index in [1.807, 2.05) is 32.0 Å². The highest BCUT2D eigenvalue weighted by molar-refractivity contribution is 6.07. The molecule has 27 heavy (non-hydrogen) atoms. The molecule has 5 nitrogen and oxygen atoms in total. The predicted octanol–water partition coefficient (Wildman–Crippen LogP) is 2.67. The molecule has 1 aromatic carbocycles. The molecule has 1 heterocycles. The zero-order valence-corrected chi connectivity index (χ0v) is 15.9. The quantitative estimate of drug-likeness (QED) is 0.612.